The summed E-state index contributed by atoms with van der Waals surface area (Å²) in [5.74, 6) is -4.47. The molecule has 0 aliphatic heterocycles. The van der Waals surface area contributed by atoms with Crippen LogP contribution in [-0.2, 0) is 42.1 Å². The molecule has 0 spiro atoms. The van der Waals surface area contributed by atoms with E-state index in [1.54, 1.807) is 0 Å². The molecule has 0 bridgehead atoms. The van der Waals surface area contributed by atoms with Crippen molar-refractivity contribution in [2.24, 2.45) is 0 Å². The molecule has 9 nitrogen and oxygen atoms in total. The third-order valence-corrected chi connectivity index (χ3v) is 4.89. The second-order valence-corrected chi connectivity index (χ2v) is 7.74. The second-order valence-electron chi connectivity index (χ2n) is 7.74. The Bertz CT molecular complexity index is 1050. The number of aliphatic carboxylic acids is 2. The predicted octanol–water partition coefficient (Wildman–Crippen LogP) is 3.37. The van der Waals surface area contributed by atoms with Gasteiger partial charge in [-0.25, -0.2) is 14.6 Å². The minimum Gasteiger partial charge on any atom is -0.475 e. The zero-order valence-corrected chi connectivity index (χ0v) is 19.4. The van der Waals surface area contributed by atoms with E-state index in [1.165, 1.54) is 18.4 Å². The Kier molecular flexibility index (Phi) is 11.2. The molecule has 0 saturated heterocycles. The maximum atomic E-state index is 12.2. The number of nitrogens with zero attached hydrogens (tertiary/aromatic N) is 3. The van der Waals surface area contributed by atoms with Crippen LogP contribution in [0.4, 0.5) is 26.3 Å². The number of aromatic nitrogens is 3. The average Bonchev–Trinajstić information content (AvgIpc) is 3.20. The van der Waals surface area contributed by atoms with E-state index < -0.39 is 24.3 Å². The molecule has 2 heterocycles. The summed E-state index contributed by atoms with van der Waals surface area (Å²) in [5.41, 5.74) is 3.39. The van der Waals surface area contributed by atoms with Gasteiger partial charge in [-0.2, -0.15) is 26.3 Å². The molecule has 0 unspecified atom stereocenters. The number of carboxylic acid groups (broad SMARTS) is 2. The third-order valence-electron chi connectivity index (χ3n) is 4.89. The molecule has 3 N–H and O–H groups in total. The Morgan fingerprint density at radius 3 is 2.08 bits per heavy atom. The third kappa shape index (κ3) is 10.1. The van der Waals surface area contributed by atoms with E-state index in [4.69, 9.17) is 19.8 Å². The van der Waals surface area contributed by atoms with Crippen LogP contribution in [0.2, 0.25) is 0 Å². The lowest BCUT2D eigenvalue weighted by molar-refractivity contribution is -0.193. The number of fused-ring (bicyclic) bond motifs is 1. The van der Waals surface area contributed by atoms with Crippen molar-refractivity contribution in [2.45, 2.75) is 64.6 Å². The van der Waals surface area contributed by atoms with Gasteiger partial charge in [-0.3, -0.25) is 9.69 Å². The first-order valence-electron chi connectivity index (χ1n) is 10.6. The highest BCUT2D eigenvalue weighted by Crippen LogP contribution is 2.19. The Balaban J connectivity index is 0.000000383. The fraction of sp³-hybridized carbons (Fsp3) is 0.524. The standard InChI is InChI=1S/C17H24N4O.2C2HF3O2/c1-3-21-9-8-18-16(21)12-20(2)11-14-10-13-6-4-5-7-15(13)19-17(14)22;2*3-2(4,5)1(6)7/h8-10H,3-7,11-12H2,1-2H3,(H,19,22);2*(H,6,7). The lowest BCUT2D eigenvalue weighted by atomic mass is 9.95. The molecular weight excluding hydrogens is 502 g/mol. The van der Waals surface area contributed by atoms with E-state index in [9.17, 15) is 31.1 Å². The second kappa shape index (κ2) is 13.1. The molecule has 0 atom stereocenters. The number of imidazole rings is 1. The summed E-state index contributed by atoms with van der Waals surface area (Å²) in [5, 5.41) is 14.2. The number of alkyl halides is 6. The molecule has 2 aromatic heterocycles. The summed E-state index contributed by atoms with van der Waals surface area (Å²) >= 11 is 0. The summed E-state index contributed by atoms with van der Waals surface area (Å²) in [6, 6.07) is 2.11. The van der Waals surface area contributed by atoms with Crippen molar-refractivity contribution in [2.75, 3.05) is 7.05 Å². The van der Waals surface area contributed by atoms with Gasteiger partial charge in [0.15, 0.2) is 0 Å². The van der Waals surface area contributed by atoms with Gasteiger partial charge in [0.1, 0.15) is 5.82 Å². The van der Waals surface area contributed by atoms with Crippen LogP contribution in [0.3, 0.4) is 0 Å². The maximum Gasteiger partial charge on any atom is 0.490 e. The Labute approximate surface area is 201 Å². The number of rotatable bonds is 5. The molecule has 36 heavy (non-hydrogen) atoms. The number of H-pyrrole nitrogens is 1. The quantitative estimate of drug-likeness (QED) is 0.508. The van der Waals surface area contributed by atoms with Crippen molar-refractivity contribution in [3.8, 4) is 0 Å². The monoisotopic (exact) mass is 528 g/mol. The predicted molar refractivity (Wildman–Crippen MR) is 114 cm³/mol. The summed E-state index contributed by atoms with van der Waals surface area (Å²) in [6.07, 6.45) is -1.84. The van der Waals surface area contributed by atoms with Crippen LogP contribution in [0.25, 0.3) is 0 Å². The lowest BCUT2D eigenvalue weighted by Gasteiger charge is -2.19. The molecule has 0 aromatic carbocycles. The van der Waals surface area contributed by atoms with Crippen molar-refractivity contribution >= 4 is 11.9 Å². The Morgan fingerprint density at radius 2 is 1.58 bits per heavy atom. The van der Waals surface area contributed by atoms with Gasteiger partial charge in [0.25, 0.3) is 5.56 Å². The molecule has 0 fully saturated rings. The number of carbonyl (C=O) groups is 2. The normalized spacial score (nSPS) is 13.1. The zero-order valence-electron chi connectivity index (χ0n) is 19.4. The number of hydrogen-bond donors (Lipinski definition) is 3. The topological polar surface area (TPSA) is 129 Å². The van der Waals surface area contributed by atoms with Gasteiger partial charge in [-0.15, -0.1) is 0 Å². The molecule has 1 aliphatic carbocycles. The molecular formula is C21H26F6N4O5. The van der Waals surface area contributed by atoms with Crippen LogP contribution in [0, 0.1) is 0 Å². The summed E-state index contributed by atoms with van der Waals surface area (Å²) in [6.45, 7) is 4.43. The number of nitrogens with one attached hydrogen (secondary N) is 1. The molecule has 0 amide bonds. The molecule has 202 valence electrons. The largest absolute Gasteiger partial charge is 0.490 e. The first-order valence-corrected chi connectivity index (χ1v) is 10.6. The van der Waals surface area contributed by atoms with E-state index in [0.717, 1.165) is 43.0 Å². The summed E-state index contributed by atoms with van der Waals surface area (Å²) < 4.78 is 65.6. The van der Waals surface area contributed by atoms with Crippen LogP contribution in [0.1, 0.15) is 42.4 Å². The Hall–Kier alpha value is -3.36. The highest BCUT2D eigenvalue weighted by molar-refractivity contribution is 5.73. The summed E-state index contributed by atoms with van der Waals surface area (Å²) in [4.78, 5) is 39.7. The van der Waals surface area contributed by atoms with Crippen LogP contribution in [0.15, 0.2) is 23.3 Å². The van der Waals surface area contributed by atoms with Crippen LogP contribution >= 0.6 is 0 Å². The van der Waals surface area contributed by atoms with Crippen molar-refractivity contribution in [3.63, 3.8) is 0 Å². The SMILES string of the molecule is CCn1ccnc1CN(C)Cc1cc2c([nH]c1=O)CCCC2.O=C(O)C(F)(F)F.O=C(O)C(F)(F)F. The number of hydrogen-bond acceptors (Lipinski definition) is 5. The number of carboxylic acids is 2. The minimum absolute atomic E-state index is 0.0614. The van der Waals surface area contributed by atoms with Gasteiger partial charge in [-0.1, -0.05) is 0 Å². The van der Waals surface area contributed by atoms with Crippen LogP contribution < -0.4 is 5.56 Å². The molecule has 3 rings (SSSR count). The Morgan fingerprint density at radius 1 is 1.06 bits per heavy atom. The first-order chi connectivity index (χ1) is 16.6. The maximum absolute atomic E-state index is 12.2. The van der Waals surface area contributed by atoms with Crippen molar-refractivity contribution in [3.05, 3.63) is 51.5 Å². The van der Waals surface area contributed by atoms with Gasteiger partial charge >= 0.3 is 24.3 Å². The van der Waals surface area contributed by atoms with E-state index in [-0.39, 0.29) is 5.56 Å². The van der Waals surface area contributed by atoms with E-state index in [2.05, 4.69) is 32.4 Å². The van der Waals surface area contributed by atoms with Crippen LogP contribution in [-0.4, -0.2) is 61.0 Å². The van der Waals surface area contributed by atoms with Crippen molar-refractivity contribution < 1.29 is 46.1 Å². The van der Waals surface area contributed by atoms with E-state index in [0.29, 0.717) is 6.54 Å². The minimum atomic E-state index is -5.08. The average molecular weight is 528 g/mol. The van der Waals surface area contributed by atoms with Crippen LogP contribution in [0.5, 0.6) is 0 Å². The molecule has 0 saturated carbocycles. The first kappa shape index (κ1) is 30.7. The molecule has 0 radical (unpaired) electrons. The van der Waals surface area contributed by atoms with Crippen molar-refractivity contribution in [1.29, 1.82) is 0 Å². The van der Waals surface area contributed by atoms with Crippen molar-refractivity contribution in [1.82, 2.24) is 19.4 Å². The number of aromatic amines is 1. The van der Waals surface area contributed by atoms with Gasteiger partial charge in [0, 0.05) is 36.7 Å². The highest BCUT2D eigenvalue weighted by Gasteiger charge is 2.38. The highest BCUT2D eigenvalue weighted by atomic mass is 19.4. The summed E-state index contributed by atoms with van der Waals surface area (Å²) in [7, 11) is 2.04. The number of halogens is 6. The molecule has 15 heteroatoms. The van der Waals surface area contributed by atoms with Gasteiger partial charge in [0.05, 0.1) is 6.54 Å². The zero-order chi connectivity index (χ0) is 27.7. The van der Waals surface area contributed by atoms with Gasteiger partial charge < -0.3 is 19.8 Å². The van der Waals surface area contributed by atoms with E-state index in [1.807, 2.05) is 19.4 Å². The number of aryl methyl sites for hydroxylation is 3. The van der Waals surface area contributed by atoms with E-state index >= 15 is 0 Å². The molecule has 1 aliphatic rings. The van der Waals surface area contributed by atoms with Gasteiger partial charge in [-0.05, 0) is 51.3 Å². The molecule has 2 aromatic rings. The smallest absolute Gasteiger partial charge is 0.475 e. The lowest BCUT2D eigenvalue weighted by Crippen LogP contribution is -2.26. The fourth-order valence-corrected chi connectivity index (χ4v) is 3.21. The van der Waals surface area contributed by atoms with Gasteiger partial charge in [0.2, 0.25) is 0 Å². The number of pyridine rings is 1. The fourth-order valence-electron chi connectivity index (χ4n) is 3.21.